The zero-order valence-corrected chi connectivity index (χ0v) is 14.5. The first-order valence-corrected chi connectivity index (χ1v) is 8.10. The predicted octanol–water partition coefficient (Wildman–Crippen LogP) is 3.20. The quantitative estimate of drug-likeness (QED) is 0.575. The fraction of sp³-hybridized carbons (Fsp3) is 0.211. The number of hydrogen-bond donors (Lipinski definition) is 0. The van der Waals surface area contributed by atoms with Crippen LogP contribution in [-0.4, -0.2) is 31.4 Å². The third kappa shape index (κ3) is 2.65. The molecule has 0 saturated heterocycles. The number of nitrogens with zero attached hydrogens (tertiary/aromatic N) is 5. The van der Waals surface area contributed by atoms with E-state index in [0.29, 0.717) is 6.54 Å². The Kier molecular flexibility index (Phi) is 3.72. The Labute approximate surface area is 145 Å². The van der Waals surface area contributed by atoms with E-state index in [0.717, 1.165) is 39.4 Å². The van der Waals surface area contributed by atoms with Crippen LogP contribution in [0.1, 0.15) is 11.4 Å². The zero-order chi connectivity index (χ0) is 17.4. The molecule has 0 atom stereocenters. The first-order chi connectivity index (χ1) is 12.2. The number of aryl methyl sites for hydroxylation is 1. The second-order valence-corrected chi connectivity index (χ2v) is 5.98. The van der Waals surface area contributed by atoms with Gasteiger partial charge in [-0.15, -0.1) is 0 Å². The molecule has 126 valence electrons. The summed E-state index contributed by atoms with van der Waals surface area (Å²) < 4.78 is 9.45. The fourth-order valence-electron chi connectivity index (χ4n) is 3.01. The molecule has 0 spiro atoms. The normalized spacial score (nSPS) is 11.2. The lowest BCUT2D eigenvalue weighted by molar-refractivity contribution is 0.419. The topological polar surface area (TPSA) is 57.8 Å². The molecule has 0 N–H and O–H groups in total. The van der Waals surface area contributed by atoms with Gasteiger partial charge in [0.25, 0.3) is 0 Å². The molecule has 3 aromatic heterocycles. The van der Waals surface area contributed by atoms with Crippen molar-refractivity contribution in [1.29, 1.82) is 0 Å². The van der Waals surface area contributed by atoms with Crippen LogP contribution in [0.25, 0.3) is 22.3 Å². The number of para-hydroxylation sites is 1. The van der Waals surface area contributed by atoms with Gasteiger partial charge in [-0.3, -0.25) is 4.68 Å². The standard InChI is InChI=1S/C19H19N5O/c1-13-20-11-16(23(13)2)18-15(12-24-9-5-8-21-24)10-14-6-4-7-17(25-3)19(14)22-18/h4-11H,12H2,1-3H3. The van der Waals surface area contributed by atoms with Crippen molar-refractivity contribution in [3.63, 3.8) is 0 Å². The highest BCUT2D eigenvalue weighted by Crippen LogP contribution is 2.30. The maximum atomic E-state index is 5.50. The monoisotopic (exact) mass is 333 g/mol. The number of pyridine rings is 1. The largest absolute Gasteiger partial charge is 0.494 e. The van der Waals surface area contributed by atoms with Crippen molar-refractivity contribution in [3.05, 3.63) is 60.3 Å². The predicted molar refractivity (Wildman–Crippen MR) is 96.6 cm³/mol. The lowest BCUT2D eigenvalue weighted by atomic mass is 10.1. The van der Waals surface area contributed by atoms with Crippen LogP contribution in [0.15, 0.2) is 48.9 Å². The van der Waals surface area contributed by atoms with Gasteiger partial charge in [0.15, 0.2) is 0 Å². The molecular weight excluding hydrogens is 314 g/mol. The van der Waals surface area contributed by atoms with Crippen molar-refractivity contribution in [3.8, 4) is 17.1 Å². The molecule has 6 heteroatoms. The summed E-state index contributed by atoms with van der Waals surface area (Å²) in [6, 6.07) is 10.0. The summed E-state index contributed by atoms with van der Waals surface area (Å²) in [4.78, 5) is 9.37. The van der Waals surface area contributed by atoms with Crippen LogP contribution in [-0.2, 0) is 13.6 Å². The number of hydrogen-bond acceptors (Lipinski definition) is 4. The molecule has 0 radical (unpaired) electrons. The van der Waals surface area contributed by atoms with Gasteiger partial charge >= 0.3 is 0 Å². The van der Waals surface area contributed by atoms with Gasteiger partial charge in [-0.05, 0) is 25.1 Å². The average molecular weight is 333 g/mol. The van der Waals surface area contributed by atoms with Crippen LogP contribution in [0.2, 0.25) is 0 Å². The summed E-state index contributed by atoms with van der Waals surface area (Å²) >= 11 is 0. The van der Waals surface area contributed by atoms with Gasteiger partial charge in [-0.2, -0.15) is 5.10 Å². The van der Waals surface area contributed by atoms with Gasteiger partial charge in [-0.25, -0.2) is 9.97 Å². The van der Waals surface area contributed by atoms with Gasteiger partial charge in [0.2, 0.25) is 0 Å². The summed E-state index contributed by atoms with van der Waals surface area (Å²) in [5, 5.41) is 5.38. The Balaban J connectivity index is 1.97. The van der Waals surface area contributed by atoms with Crippen LogP contribution in [0, 0.1) is 6.92 Å². The van der Waals surface area contributed by atoms with Crippen molar-refractivity contribution >= 4 is 10.9 Å². The highest BCUT2D eigenvalue weighted by atomic mass is 16.5. The van der Waals surface area contributed by atoms with E-state index in [4.69, 9.17) is 9.72 Å². The first-order valence-electron chi connectivity index (χ1n) is 8.10. The van der Waals surface area contributed by atoms with E-state index < -0.39 is 0 Å². The smallest absolute Gasteiger partial charge is 0.145 e. The SMILES string of the molecule is COc1cccc2cc(Cn3cccn3)c(-c3cnc(C)n3C)nc12. The van der Waals surface area contributed by atoms with Crippen molar-refractivity contribution in [2.75, 3.05) is 7.11 Å². The number of benzene rings is 1. The summed E-state index contributed by atoms with van der Waals surface area (Å²) in [6.45, 7) is 2.63. The molecule has 6 nitrogen and oxygen atoms in total. The van der Waals surface area contributed by atoms with E-state index in [1.807, 2.05) is 49.2 Å². The molecule has 0 amide bonds. The van der Waals surface area contributed by atoms with E-state index in [1.165, 1.54) is 0 Å². The zero-order valence-electron chi connectivity index (χ0n) is 14.5. The van der Waals surface area contributed by atoms with Gasteiger partial charge in [0.05, 0.1) is 31.2 Å². The van der Waals surface area contributed by atoms with Gasteiger partial charge in [0.1, 0.15) is 17.1 Å². The summed E-state index contributed by atoms with van der Waals surface area (Å²) in [7, 11) is 3.67. The molecule has 0 unspecified atom stereocenters. The lowest BCUT2D eigenvalue weighted by Gasteiger charge is -2.13. The second kappa shape index (κ2) is 6.05. The number of rotatable bonds is 4. The molecular formula is C19H19N5O. The Bertz CT molecular complexity index is 1030. The number of ether oxygens (including phenoxy) is 1. The van der Waals surface area contributed by atoms with Crippen molar-refractivity contribution in [1.82, 2.24) is 24.3 Å². The van der Waals surface area contributed by atoms with Crippen LogP contribution in [0.3, 0.4) is 0 Å². The molecule has 0 aliphatic heterocycles. The molecule has 25 heavy (non-hydrogen) atoms. The maximum Gasteiger partial charge on any atom is 0.145 e. The molecule has 4 aromatic rings. The first kappa shape index (κ1) is 15.4. The maximum absolute atomic E-state index is 5.50. The van der Waals surface area contributed by atoms with Gasteiger partial charge < -0.3 is 9.30 Å². The van der Waals surface area contributed by atoms with Gasteiger partial charge in [0, 0.05) is 30.4 Å². The molecule has 1 aromatic carbocycles. The molecule has 0 bridgehead atoms. The number of methoxy groups -OCH3 is 1. The van der Waals surface area contributed by atoms with E-state index >= 15 is 0 Å². The van der Waals surface area contributed by atoms with Crippen LogP contribution < -0.4 is 4.74 Å². The molecule has 0 fully saturated rings. The number of fused-ring (bicyclic) bond motifs is 1. The third-order valence-corrected chi connectivity index (χ3v) is 4.46. The van der Waals surface area contributed by atoms with Crippen molar-refractivity contribution < 1.29 is 4.74 Å². The van der Waals surface area contributed by atoms with Crippen LogP contribution >= 0.6 is 0 Å². The van der Waals surface area contributed by atoms with E-state index in [-0.39, 0.29) is 0 Å². The molecule has 3 heterocycles. The highest BCUT2D eigenvalue weighted by Gasteiger charge is 2.16. The molecule has 0 saturated carbocycles. The van der Waals surface area contributed by atoms with E-state index in [9.17, 15) is 0 Å². The molecule has 0 aliphatic carbocycles. The number of aromatic nitrogens is 5. The van der Waals surface area contributed by atoms with E-state index in [1.54, 1.807) is 13.3 Å². The second-order valence-electron chi connectivity index (χ2n) is 5.98. The summed E-state index contributed by atoms with van der Waals surface area (Å²) in [5.41, 5.74) is 3.82. The summed E-state index contributed by atoms with van der Waals surface area (Å²) in [5.74, 6) is 1.71. The fourth-order valence-corrected chi connectivity index (χ4v) is 3.01. The van der Waals surface area contributed by atoms with Crippen molar-refractivity contribution in [2.45, 2.75) is 13.5 Å². The summed E-state index contributed by atoms with van der Waals surface area (Å²) in [6.07, 6.45) is 5.60. The lowest BCUT2D eigenvalue weighted by Crippen LogP contribution is -2.06. The highest BCUT2D eigenvalue weighted by molar-refractivity contribution is 5.87. The van der Waals surface area contributed by atoms with Crippen LogP contribution in [0.4, 0.5) is 0 Å². The molecule has 0 aliphatic rings. The minimum absolute atomic E-state index is 0.646. The Morgan fingerprint density at radius 2 is 2.08 bits per heavy atom. The minimum Gasteiger partial charge on any atom is -0.494 e. The Hall–Kier alpha value is -3.15. The van der Waals surface area contributed by atoms with E-state index in [2.05, 4.69) is 26.8 Å². The minimum atomic E-state index is 0.646. The third-order valence-electron chi connectivity index (χ3n) is 4.46. The molecule has 4 rings (SSSR count). The number of imidazole rings is 1. The van der Waals surface area contributed by atoms with Crippen molar-refractivity contribution in [2.24, 2.45) is 7.05 Å². The Morgan fingerprint density at radius 3 is 2.76 bits per heavy atom. The average Bonchev–Trinajstić information content (AvgIpc) is 3.25. The Morgan fingerprint density at radius 1 is 1.20 bits per heavy atom. The van der Waals surface area contributed by atoms with Crippen LogP contribution in [0.5, 0.6) is 5.75 Å². The van der Waals surface area contributed by atoms with Gasteiger partial charge in [-0.1, -0.05) is 12.1 Å².